The Bertz CT molecular complexity index is 609. The van der Waals surface area contributed by atoms with Gasteiger partial charge in [-0.05, 0) is 18.9 Å². The number of anilines is 2. The van der Waals surface area contributed by atoms with Gasteiger partial charge in [-0.3, -0.25) is 0 Å². The van der Waals surface area contributed by atoms with Gasteiger partial charge in [-0.15, -0.1) is 5.10 Å². The van der Waals surface area contributed by atoms with E-state index in [1.54, 1.807) is 12.4 Å². The summed E-state index contributed by atoms with van der Waals surface area (Å²) < 4.78 is 0. The largest absolute Gasteiger partial charge is 0.367 e. The Balaban J connectivity index is 1.69. The highest BCUT2D eigenvalue weighted by Gasteiger charge is 2.20. The van der Waals surface area contributed by atoms with Gasteiger partial charge in [0.15, 0.2) is 0 Å². The molecule has 3 heterocycles. The average Bonchev–Trinajstić information content (AvgIpc) is 2.62. The molecule has 1 aliphatic heterocycles. The van der Waals surface area contributed by atoms with Crippen LogP contribution >= 0.6 is 0 Å². The first kappa shape index (κ1) is 14.6. The Kier molecular flexibility index (Phi) is 4.41. The first-order chi connectivity index (χ1) is 10.8. The molecule has 0 radical (unpaired) electrons. The molecule has 0 unspecified atom stereocenters. The zero-order chi connectivity index (χ0) is 15.4. The molecule has 116 valence electrons. The molecule has 0 atom stereocenters. The number of hydrogen-bond acceptors (Lipinski definition) is 7. The summed E-state index contributed by atoms with van der Waals surface area (Å²) in [6.45, 7) is 7.82. The number of nitrogens with zero attached hydrogens (tertiary/aromatic N) is 7. The minimum atomic E-state index is 0.751. The summed E-state index contributed by atoms with van der Waals surface area (Å²) in [5, 5.41) is 16.4. The van der Waals surface area contributed by atoms with Crippen molar-refractivity contribution >= 4 is 11.6 Å². The molecule has 1 fully saturated rings. The van der Waals surface area contributed by atoms with Gasteiger partial charge in [-0.25, -0.2) is 4.98 Å². The van der Waals surface area contributed by atoms with Crippen molar-refractivity contribution in [3.8, 4) is 0 Å². The third-order valence-electron chi connectivity index (χ3n) is 3.99. The molecule has 7 heteroatoms. The zero-order valence-corrected chi connectivity index (χ0v) is 13.1. The van der Waals surface area contributed by atoms with Gasteiger partial charge in [0.05, 0.1) is 29.5 Å². The first-order valence-corrected chi connectivity index (χ1v) is 7.80. The molecule has 0 spiro atoms. The van der Waals surface area contributed by atoms with Crippen LogP contribution in [0.15, 0.2) is 18.5 Å². The molecule has 2 aromatic heterocycles. The van der Waals surface area contributed by atoms with Crippen molar-refractivity contribution in [1.82, 2.24) is 25.4 Å². The summed E-state index contributed by atoms with van der Waals surface area (Å²) in [5.74, 6) is 0.751. The van der Waals surface area contributed by atoms with E-state index in [4.69, 9.17) is 4.98 Å². The molecule has 2 aromatic rings. The Morgan fingerprint density at radius 1 is 0.909 bits per heavy atom. The predicted molar refractivity (Wildman–Crippen MR) is 85.0 cm³/mol. The fraction of sp³-hybridized carbons (Fsp3) is 0.533. The van der Waals surface area contributed by atoms with Gasteiger partial charge in [0.1, 0.15) is 0 Å². The summed E-state index contributed by atoms with van der Waals surface area (Å²) >= 11 is 0. The van der Waals surface area contributed by atoms with E-state index in [1.807, 2.05) is 6.07 Å². The SMILES string of the molecule is CCc1nnc(N2CCN(c3ccnnc3)CC2)nc1CC. The van der Waals surface area contributed by atoms with E-state index in [1.165, 1.54) is 0 Å². The molecule has 0 bridgehead atoms. The van der Waals surface area contributed by atoms with E-state index in [0.29, 0.717) is 0 Å². The standard InChI is InChI=1S/C15H21N7/c1-3-13-14(4-2)19-20-15(18-13)22-9-7-21(8-10-22)12-5-6-16-17-11-12/h5-6,11H,3-4,7-10H2,1-2H3. The van der Waals surface area contributed by atoms with Gasteiger partial charge in [0.25, 0.3) is 0 Å². The third kappa shape index (κ3) is 2.98. The van der Waals surface area contributed by atoms with Crippen molar-refractivity contribution in [2.45, 2.75) is 26.7 Å². The normalized spacial score (nSPS) is 15.2. The van der Waals surface area contributed by atoms with Crippen LogP contribution in [-0.4, -0.2) is 51.6 Å². The second-order valence-electron chi connectivity index (χ2n) is 5.29. The molecule has 0 aromatic carbocycles. The quantitative estimate of drug-likeness (QED) is 0.837. The minimum absolute atomic E-state index is 0.751. The van der Waals surface area contributed by atoms with Gasteiger partial charge in [0.2, 0.25) is 5.95 Å². The van der Waals surface area contributed by atoms with E-state index in [9.17, 15) is 0 Å². The molecular weight excluding hydrogens is 278 g/mol. The summed E-state index contributed by atoms with van der Waals surface area (Å²) in [6.07, 6.45) is 5.31. The molecule has 22 heavy (non-hydrogen) atoms. The topological polar surface area (TPSA) is 70.9 Å². The van der Waals surface area contributed by atoms with Crippen molar-refractivity contribution in [2.24, 2.45) is 0 Å². The lowest BCUT2D eigenvalue weighted by Crippen LogP contribution is -2.47. The highest BCUT2D eigenvalue weighted by molar-refractivity contribution is 5.45. The van der Waals surface area contributed by atoms with Crippen molar-refractivity contribution in [3.63, 3.8) is 0 Å². The highest BCUT2D eigenvalue weighted by Crippen LogP contribution is 2.17. The van der Waals surface area contributed by atoms with Gasteiger partial charge in [-0.2, -0.15) is 15.3 Å². The van der Waals surface area contributed by atoms with E-state index < -0.39 is 0 Å². The maximum Gasteiger partial charge on any atom is 0.245 e. The summed E-state index contributed by atoms with van der Waals surface area (Å²) in [5.41, 5.74) is 3.19. The predicted octanol–water partition coefficient (Wildman–Crippen LogP) is 1.11. The van der Waals surface area contributed by atoms with Gasteiger partial charge in [0, 0.05) is 26.2 Å². The number of rotatable bonds is 4. The molecule has 0 aliphatic carbocycles. The van der Waals surface area contributed by atoms with Crippen LogP contribution in [-0.2, 0) is 12.8 Å². The molecule has 1 aliphatic rings. The van der Waals surface area contributed by atoms with E-state index in [0.717, 1.165) is 62.0 Å². The number of hydrogen-bond donors (Lipinski definition) is 0. The number of piperazine rings is 1. The molecule has 3 rings (SSSR count). The van der Waals surface area contributed by atoms with Crippen molar-refractivity contribution < 1.29 is 0 Å². The minimum Gasteiger partial charge on any atom is -0.367 e. The number of aryl methyl sites for hydroxylation is 2. The summed E-state index contributed by atoms with van der Waals surface area (Å²) in [6, 6.07) is 1.99. The average molecular weight is 299 g/mol. The molecule has 7 nitrogen and oxygen atoms in total. The molecule has 0 saturated carbocycles. The van der Waals surface area contributed by atoms with Crippen LogP contribution in [0.4, 0.5) is 11.6 Å². The van der Waals surface area contributed by atoms with Crippen LogP contribution < -0.4 is 9.80 Å². The van der Waals surface area contributed by atoms with Crippen molar-refractivity contribution in [1.29, 1.82) is 0 Å². The fourth-order valence-electron chi connectivity index (χ4n) is 2.70. The second-order valence-corrected chi connectivity index (χ2v) is 5.29. The lowest BCUT2D eigenvalue weighted by atomic mass is 10.2. The molecule has 0 amide bonds. The van der Waals surface area contributed by atoms with Crippen molar-refractivity contribution in [3.05, 3.63) is 29.8 Å². The van der Waals surface area contributed by atoms with Crippen LogP contribution in [0.5, 0.6) is 0 Å². The van der Waals surface area contributed by atoms with Crippen LogP contribution in [0, 0.1) is 0 Å². The van der Waals surface area contributed by atoms with E-state index >= 15 is 0 Å². The van der Waals surface area contributed by atoms with E-state index in [-0.39, 0.29) is 0 Å². The monoisotopic (exact) mass is 299 g/mol. The first-order valence-electron chi connectivity index (χ1n) is 7.80. The zero-order valence-electron chi connectivity index (χ0n) is 13.1. The van der Waals surface area contributed by atoms with Gasteiger partial charge >= 0.3 is 0 Å². The molecule has 1 saturated heterocycles. The van der Waals surface area contributed by atoms with Crippen LogP contribution in [0.2, 0.25) is 0 Å². The highest BCUT2D eigenvalue weighted by atomic mass is 15.4. The van der Waals surface area contributed by atoms with Gasteiger partial charge < -0.3 is 9.80 Å². The lowest BCUT2D eigenvalue weighted by Gasteiger charge is -2.35. The van der Waals surface area contributed by atoms with Crippen LogP contribution in [0.3, 0.4) is 0 Å². The fourth-order valence-corrected chi connectivity index (χ4v) is 2.70. The maximum absolute atomic E-state index is 4.69. The Labute approximate surface area is 130 Å². The summed E-state index contributed by atoms with van der Waals surface area (Å²) in [4.78, 5) is 9.21. The van der Waals surface area contributed by atoms with Crippen LogP contribution in [0.25, 0.3) is 0 Å². The lowest BCUT2D eigenvalue weighted by molar-refractivity contribution is 0.628. The van der Waals surface area contributed by atoms with Crippen LogP contribution in [0.1, 0.15) is 25.2 Å². The smallest absolute Gasteiger partial charge is 0.245 e. The molecule has 0 N–H and O–H groups in total. The second kappa shape index (κ2) is 6.64. The van der Waals surface area contributed by atoms with Crippen molar-refractivity contribution in [2.75, 3.05) is 36.0 Å². The number of aromatic nitrogens is 5. The maximum atomic E-state index is 4.69. The Morgan fingerprint density at radius 2 is 1.64 bits per heavy atom. The summed E-state index contributed by atoms with van der Waals surface area (Å²) in [7, 11) is 0. The Hall–Kier alpha value is -2.31. The van der Waals surface area contributed by atoms with Gasteiger partial charge in [-0.1, -0.05) is 13.8 Å². The third-order valence-corrected chi connectivity index (χ3v) is 3.99. The Morgan fingerprint density at radius 3 is 2.27 bits per heavy atom. The molecular formula is C15H21N7. The van der Waals surface area contributed by atoms with E-state index in [2.05, 4.69) is 44.0 Å².